The molecule has 0 N–H and O–H groups in total. The Morgan fingerprint density at radius 2 is 0.914 bits per heavy atom. The van der Waals surface area contributed by atoms with Gasteiger partial charge in [-0.05, 0) is 75.8 Å². The van der Waals surface area contributed by atoms with Gasteiger partial charge < -0.3 is 4.57 Å². The van der Waals surface area contributed by atoms with E-state index in [1.54, 1.807) is 0 Å². The van der Waals surface area contributed by atoms with Gasteiger partial charge in [-0.2, -0.15) is 0 Å². The molecule has 1 aliphatic heterocycles. The fourth-order valence-electron chi connectivity index (χ4n) is 12.5. The summed E-state index contributed by atoms with van der Waals surface area (Å²) in [6.45, 7) is 0.115. The quantitative estimate of drug-likeness (QED) is 0.161. The Balaban J connectivity index is 0.980. The maximum absolute atomic E-state index is 5.62. The Morgan fingerprint density at radius 3 is 1.64 bits per heavy atom. The minimum Gasteiger partial charge on any atom is -0.309 e. The molecule has 4 nitrogen and oxygen atoms in total. The summed E-state index contributed by atoms with van der Waals surface area (Å²) in [5, 5.41) is 4.76. The summed E-state index contributed by atoms with van der Waals surface area (Å²) in [6, 6.07) is 91.0. The fourth-order valence-corrected chi connectivity index (χ4v) is 12.5. The van der Waals surface area contributed by atoms with Crippen LogP contribution in [-0.2, 0) is 5.41 Å². The summed E-state index contributed by atoms with van der Waals surface area (Å²) in [5.41, 5.74) is 20.6. The van der Waals surface area contributed by atoms with Crippen LogP contribution in [0.15, 0.2) is 249 Å². The van der Waals surface area contributed by atoms with Crippen molar-refractivity contribution in [3.63, 3.8) is 0 Å². The number of nitrogens with zero attached hydrogens (tertiary/aromatic N) is 4. The second-order valence-corrected chi connectivity index (χ2v) is 18.8. The molecule has 0 fully saturated rings. The van der Waals surface area contributed by atoms with Crippen molar-refractivity contribution in [2.24, 2.45) is 0 Å². The summed E-state index contributed by atoms with van der Waals surface area (Å²) in [6.07, 6.45) is 0. The van der Waals surface area contributed by atoms with Crippen LogP contribution in [0.3, 0.4) is 0 Å². The smallest absolute Gasteiger partial charge is 0.242 e. The van der Waals surface area contributed by atoms with E-state index in [1.807, 2.05) is 0 Å². The highest BCUT2D eigenvalue weighted by Gasteiger charge is 2.52. The van der Waals surface area contributed by atoms with Crippen LogP contribution in [0.1, 0.15) is 22.3 Å². The van der Waals surface area contributed by atoms with Crippen molar-refractivity contribution in [1.29, 1.82) is 0 Å². The molecule has 1 aliphatic carbocycles. The van der Waals surface area contributed by atoms with Crippen molar-refractivity contribution >= 4 is 66.7 Å². The van der Waals surface area contributed by atoms with E-state index in [9.17, 15) is 0 Å². The second-order valence-electron chi connectivity index (χ2n) is 18.8. The van der Waals surface area contributed by atoms with Gasteiger partial charge in [0.15, 0.2) is 0 Å². The van der Waals surface area contributed by atoms with Crippen LogP contribution in [0.25, 0.3) is 88.9 Å². The predicted octanol–water partition coefficient (Wildman–Crippen LogP) is 13.2. The molecule has 0 unspecified atom stereocenters. The third kappa shape index (κ3) is 5.37. The van der Waals surface area contributed by atoms with Gasteiger partial charge in [0.1, 0.15) is 0 Å². The monoisotopic (exact) mass is 888 g/mol. The van der Waals surface area contributed by atoms with Gasteiger partial charge in [0, 0.05) is 38.4 Å². The molecule has 0 radical (unpaired) electrons. The van der Waals surface area contributed by atoms with Crippen LogP contribution in [0.2, 0.25) is 0 Å². The Morgan fingerprint density at radius 1 is 0.357 bits per heavy atom. The van der Waals surface area contributed by atoms with E-state index in [0.29, 0.717) is 5.95 Å². The minimum atomic E-state index is -0.508. The highest BCUT2D eigenvalue weighted by atomic mass is 15.2. The van der Waals surface area contributed by atoms with Crippen LogP contribution >= 0.6 is 0 Å². The number of rotatable bonds is 5. The normalized spacial score (nSPS) is 13.2. The van der Waals surface area contributed by atoms with Gasteiger partial charge in [-0.25, -0.2) is 9.97 Å². The Hall–Kier alpha value is -9.06. The van der Waals surface area contributed by atoms with Crippen LogP contribution in [-0.4, -0.2) is 25.8 Å². The van der Waals surface area contributed by atoms with Crippen molar-refractivity contribution in [3.05, 3.63) is 271 Å². The summed E-state index contributed by atoms with van der Waals surface area (Å²) >= 11 is 0. The maximum Gasteiger partial charge on any atom is 0.242 e. The number of hydrogen-bond acceptors (Lipinski definition) is 2. The molecule has 5 heteroatoms. The topological polar surface area (TPSA) is 35.6 Å². The highest BCUT2D eigenvalue weighted by Crippen LogP contribution is 2.57. The highest BCUT2D eigenvalue weighted by molar-refractivity contribution is 6.96. The molecule has 0 saturated heterocycles. The van der Waals surface area contributed by atoms with Gasteiger partial charge in [0.2, 0.25) is 12.7 Å². The molecule has 70 heavy (non-hydrogen) atoms. The predicted molar refractivity (Wildman–Crippen MR) is 290 cm³/mol. The summed E-state index contributed by atoms with van der Waals surface area (Å²) < 4.78 is 4.71. The van der Waals surface area contributed by atoms with Crippen LogP contribution < -0.4 is 16.4 Å². The molecular weight excluding hydrogens is 848 g/mol. The van der Waals surface area contributed by atoms with E-state index in [4.69, 9.17) is 9.97 Å². The zero-order chi connectivity index (χ0) is 45.9. The molecule has 4 heterocycles. The maximum atomic E-state index is 5.62. The van der Waals surface area contributed by atoms with Crippen molar-refractivity contribution in [2.75, 3.05) is 0 Å². The molecule has 0 amide bonds. The Labute approximate surface area is 405 Å². The molecule has 2 aliphatic rings. The van der Waals surface area contributed by atoms with Crippen molar-refractivity contribution < 1.29 is 0 Å². The van der Waals surface area contributed by atoms with Crippen molar-refractivity contribution in [2.45, 2.75) is 5.41 Å². The molecule has 15 rings (SSSR count). The number of fused-ring (bicyclic) bond motifs is 16. The van der Waals surface area contributed by atoms with Crippen LogP contribution in [0.5, 0.6) is 0 Å². The largest absolute Gasteiger partial charge is 0.309 e. The summed E-state index contributed by atoms with van der Waals surface area (Å²) in [4.78, 5) is 11.1. The number of hydrogen-bond donors (Lipinski definition) is 0. The average Bonchev–Trinajstić information content (AvgIpc) is 4.07. The van der Waals surface area contributed by atoms with Crippen molar-refractivity contribution in [3.8, 4) is 45.3 Å². The average molecular weight is 889 g/mol. The zero-order valence-electron chi connectivity index (χ0n) is 38.0. The number of para-hydroxylation sites is 3. The first-order chi connectivity index (χ1) is 34.8. The van der Waals surface area contributed by atoms with Gasteiger partial charge in [-0.1, -0.05) is 223 Å². The first-order valence-electron chi connectivity index (χ1n) is 24.2. The van der Waals surface area contributed by atoms with Crippen molar-refractivity contribution in [1.82, 2.24) is 19.1 Å². The molecule has 3 aromatic heterocycles. The molecule has 0 saturated carbocycles. The standard InChI is InChI=1S/C65H41BN4/c1-4-20-42(21-5-1)57-41-58(68-64(67-57)70-60-35-19-12-28-49(60)62-61(70)39-37-48-47-27-11-18-34-59(47)69(63(48)62)45-24-8-3-9-25-45)43-36-38-52-50(40-43)46-26-10-13-29-51(46)65(52)53-30-14-16-32-55(53)66(44-22-6-2-7-23-44)56-33-17-15-31-54(56)65/h1-41H. The van der Waals surface area contributed by atoms with Crippen LogP contribution in [0, 0.1) is 0 Å². The van der Waals surface area contributed by atoms with Gasteiger partial charge in [0.05, 0.1) is 38.9 Å². The van der Waals surface area contributed by atoms with Gasteiger partial charge in [0.25, 0.3) is 0 Å². The first kappa shape index (κ1) is 39.0. The lowest BCUT2D eigenvalue weighted by atomic mass is 9.31. The first-order valence-corrected chi connectivity index (χ1v) is 24.2. The molecular formula is C65H41BN4. The van der Waals surface area contributed by atoms with Gasteiger partial charge in [-0.3, -0.25) is 4.57 Å². The van der Waals surface area contributed by atoms with E-state index in [2.05, 4.69) is 258 Å². The van der Waals surface area contributed by atoms with E-state index in [-0.39, 0.29) is 6.71 Å². The Kier molecular flexibility index (Phi) is 8.34. The van der Waals surface area contributed by atoms with E-state index < -0.39 is 5.41 Å². The minimum absolute atomic E-state index is 0.115. The summed E-state index contributed by atoms with van der Waals surface area (Å²) in [7, 11) is 0. The van der Waals surface area contributed by atoms with E-state index >= 15 is 0 Å². The van der Waals surface area contributed by atoms with Gasteiger partial charge >= 0.3 is 0 Å². The second kappa shape index (κ2) is 15.0. The Bertz CT molecular complexity index is 4200. The molecule has 0 bridgehead atoms. The number of benzene rings is 10. The number of aromatic nitrogens is 4. The molecule has 0 atom stereocenters. The van der Waals surface area contributed by atoms with E-state index in [0.717, 1.165) is 44.6 Å². The zero-order valence-corrected chi connectivity index (χ0v) is 38.0. The summed E-state index contributed by atoms with van der Waals surface area (Å²) in [5.74, 6) is 0.628. The van der Waals surface area contributed by atoms with Gasteiger partial charge in [-0.15, -0.1) is 0 Å². The third-order valence-electron chi connectivity index (χ3n) is 15.3. The molecule has 10 aromatic carbocycles. The fraction of sp³-hybridized carbons (Fsp3) is 0.0154. The molecule has 13 aromatic rings. The lowest BCUT2D eigenvalue weighted by Gasteiger charge is -2.42. The third-order valence-corrected chi connectivity index (χ3v) is 15.3. The lowest BCUT2D eigenvalue weighted by molar-refractivity contribution is 0.775. The molecule has 324 valence electrons. The van der Waals surface area contributed by atoms with E-state index in [1.165, 1.54) is 77.0 Å². The lowest BCUT2D eigenvalue weighted by Crippen LogP contribution is -2.61. The molecule has 1 spiro atoms. The SMILES string of the molecule is c1ccc(B2c3ccccc3C3(c4ccccc42)c2ccccc2-c2cc(-c4cc(-c5ccccc5)nc(-n5c6ccccc6c6c5ccc5c7ccccc7n(-c7ccccc7)c56)n4)ccc23)cc1. The van der Waals surface area contributed by atoms with Crippen LogP contribution in [0.4, 0.5) is 0 Å².